The van der Waals surface area contributed by atoms with E-state index in [2.05, 4.69) is 31.2 Å². The molecule has 0 spiro atoms. The first-order valence-electron chi connectivity index (χ1n) is 6.31. The molecule has 104 valence electrons. The number of benzene rings is 1. The molecule has 0 radical (unpaired) electrons. The number of ether oxygens (including phenoxy) is 2. The topological polar surface area (TPSA) is 56.3 Å². The number of methoxy groups -OCH3 is 1. The van der Waals surface area contributed by atoms with Crippen LogP contribution in [0.5, 0.6) is 11.5 Å². The van der Waals surface area contributed by atoms with Crippen LogP contribution in [0.2, 0.25) is 0 Å². The first kappa shape index (κ1) is 13.2. The third kappa shape index (κ3) is 2.70. The third-order valence-corrected chi connectivity index (χ3v) is 3.61. The van der Waals surface area contributed by atoms with Crippen molar-refractivity contribution in [2.45, 2.75) is 12.5 Å². The number of halogens is 1. The van der Waals surface area contributed by atoms with Crippen molar-refractivity contribution in [1.29, 1.82) is 0 Å². The second kappa shape index (κ2) is 5.66. The van der Waals surface area contributed by atoms with Crippen LogP contribution in [0.3, 0.4) is 0 Å². The predicted octanol–water partition coefficient (Wildman–Crippen LogP) is 3.18. The van der Waals surface area contributed by atoms with E-state index < -0.39 is 0 Å². The first-order valence-corrected chi connectivity index (χ1v) is 7.10. The Morgan fingerprint density at radius 2 is 2.25 bits per heavy atom. The van der Waals surface area contributed by atoms with Gasteiger partial charge in [0.1, 0.15) is 21.9 Å². The summed E-state index contributed by atoms with van der Waals surface area (Å²) in [6, 6.07) is 6.04. The largest absolute Gasteiger partial charge is 0.497 e. The Morgan fingerprint density at radius 3 is 3.00 bits per heavy atom. The minimum Gasteiger partial charge on any atom is -0.497 e. The third-order valence-electron chi connectivity index (χ3n) is 3.20. The van der Waals surface area contributed by atoms with E-state index in [0.29, 0.717) is 6.61 Å². The van der Waals surface area contributed by atoms with Crippen LogP contribution < -0.4 is 14.8 Å². The number of fused-ring (bicyclic) bond motifs is 1. The Labute approximate surface area is 125 Å². The smallest absolute Gasteiger partial charge is 0.145 e. The molecule has 1 N–H and O–H groups in total. The molecule has 0 fully saturated rings. The average molecular weight is 336 g/mol. The summed E-state index contributed by atoms with van der Waals surface area (Å²) in [6.07, 6.45) is 4.27. The lowest BCUT2D eigenvalue weighted by Crippen LogP contribution is -2.20. The molecule has 0 saturated carbocycles. The minimum atomic E-state index is 0.167. The minimum absolute atomic E-state index is 0.167. The average Bonchev–Trinajstić information content (AvgIpc) is 2.49. The highest BCUT2D eigenvalue weighted by atomic mass is 79.9. The molecule has 1 aromatic heterocycles. The molecule has 1 aliphatic heterocycles. The Balaban J connectivity index is 1.84. The Kier molecular flexibility index (Phi) is 3.73. The lowest BCUT2D eigenvalue weighted by molar-refractivity contribution is 0.272. The second-order valence-corrected chi connectivity index (χ2v) is 5.27. The molecule has 1 unspecified atom stereocenters. The maximum Gasteiger partial charge on any atom is 0.145 e. The van der Waals surface area contributed by atoms with Gasteiger partial charge in [0, 0.05) is 18.1 Å². The maximum absolute atomic E-state index is 5.69. The summed E-state index contributed by atoms with van der Waals surface area (Å²) in [7, 11) is 1.65. The van der Waals surface area contributed by atoms with E-state index in [1.54, 1.807) is 19.5 Å². The zero-order chi connectivity index (χ0) is 13.9. The van der Waals surface area contributed by atoms with Gasteiger partial charge in [0.25, 0.3) is 0 Å². The predicted molar refractivity (Wildman–Crippen MR) is 79.2 cm³/mol. The van der Waals surface area contributed by atoms with Gasteiger partial charge >= 0.3 is 0 Å². The van der Waals surface area contributed by atoms with Crippen molar-refractivity contribution in [2.24, 2.45) is 0 Å². The number of hydrogen-bond donors (Lipinski definition) is 1. The van der Waals surface area contributed by atoms with Gasteiger partial charge in [0.05, 0.1) is 32.2 Å². The van der Waals surface area contributed by atoms with Gasteiger partial charge in [-0.15, -0.1) is 0 Å². The van der Waals surface area contributed by atoms with Gasteiger partial charge in [-0.2, -0.15) is 0 Å². The zero-order valence-electron chi connectivity index (χ0n) is 11.0. The molecule has 2 aromatic rings. The monoisotopic (exact) mass is 335 g/mol. The van der Waals surface area contributed by atoms with Crippen molar-refractivity contribution in [3.8, 4) is 11.5 Å². The summed E-state index contributed by atoms with van der Waals surface area (Å²) in [5.74, 6) is 2.41. The summed E-state index contributed by atoms with van der Waals surface area (Å²) in [4.78, 5) is 8.46. The molecular formula is C14H14BrN3O2. The Morgan fingerprint density at radius 1 is 1.35 bits per heavy atom. The summed E-state index contributed by atoms with van der Waals surface area (Å²) in [5.41, 5.74) is 1.11. The number of rotatable bonds is 3. The standard InChI is InChI=1S/C14H14BrN3O2/c1-19-9-2-3-10-11(4-5-20-12(10)6-9)18-14-8-16-13(15)7-17-14/h2-3,6-8,11H,4-5H2,1H3,(H,17,18). The normalized spacial score (nSPS) is 17.0. The fraction of sp³-hybridized carbons (Fsp3) is 0.286. The molecule has 0 aliphatic carbocycles. The highest BCUT2D eigenvalue weighted by molar-refractivity contribution is 9.10. The second-order valence-electron chi connectivity index (χ2n) is 4.46. The van der Waals surface area contributed by atoms with Gasteiger partial charge in [-0.3, -0.25) is 0 Å². The number of nitrogens with one attached hydrogen (secondary N) is 1. The van der Waals surface area contributed by atoms with Gasteiger partial charge in [0.2, 0.25) is 0 Å². The van der Waals surface area contributed by atoms with Crippen LogP contribution in [-0.2, 0) is 0 Å². The van der Waals surface area contributed by atoms with Crippen molar-refractivity contribution in [2.75, 3.05) is 19.0 Å². The molecule has 0 saturated heterocycles. The summed E-state index contributed by atoms with van der Waals surface area (Å²) in [5, 5.41) is 3.39. The van der Waals surface area contributed by atoms with Crippen LogP contribution in [0.1, 0.15) is 18.0 Å². The Hall–Kier alpha value is -1.82. The van der Waals surface area contributed by atoms with Crippen molar-refractivity contribution in [1.82, 2.24) is 9.97 Å². The molecule has 20 heavy (non-hydrogen) atoms. The van der Waals surface area contributed by atoms with E-state index in [1.807, 2.05) is 18.2 Å². The van der Waals surface area contributed by atoms with Crippen LogP contribution >= 0.6 is 15.9 Å². The Bertz CT molecular complexity index is 604. The van der Waals surface area contributed by atoms with Crippen LogP contribution in [0.25, 0.3) is 0 Å². The maximum atomic E-state index is 5.69. The van der Waals surface area contributed by atoms with Crippen LogP contribution in [-0.4, -0.2) is 23.7 Å². The number of hydrogen-bond acceptors (Lipinski definition) is 5. The van der Waals surface area contributed by atoms with Gasteiger partial charge < -0.3 is 14.8 Å². The molecule has 5 nitrogen and oxygen atoms in total. The van der Waals surface area contributed by atoms with Crippen molar-refractivity contribution in [3.63, 3.8) is 0 Å². The van der Waals surface area contributed by atoms with Gasteiger partial charge in [-0.1, -0.05) is 0 Å². The highest BCUT2D eigenvalue weighted by Gasteiger charge is 2.22. The van der Waals surface area contributed by atoms with E-state index in [1.165, 1.54) is 0 Å². The number of anilines is 1. The lowest BCUT2D eigenvalue weighted by atomic mass is 10.0. The van der Waals surface area contributed by atoms with Crippen molar-refractivity contribution in [3.05, 3.63) is 40.8 Å². The van der Waals surface area contributed by atoms with Crippen LogP contribution in [0.4, 0.5) is 5.82 Å². The molecule has 6 heteroatoms. The SMILES string of the molecule is COc1ccc2c(c1)OCCC2Nc1cnc(Br)cn1. The van der Waals surface area contributed by atoms with E-state index >= 15 is 0 Å². The molecule has 1 atom stereocenters. The van der Waals surface area contributed by atoms with Crippen molar-refractivity contribution >= 4 is 21.7 Å². The summed E-state index contributed by atoms with van der Waals surface area (Å²) in [6.45, 7) is 0.668. The summed E-state index contributed by atoms with van der Waals surface area (Å²) < 4.78 is 11.6. The molecule has 1 aromatic carbocycles. The molecular weight excluding hydrogens is 322 g/mol. The van der Waals surface area contributed by atoms with Crippen LogP contribution in [0, 0.1) is 0 Å². The molecule has 0 bridgehead atoms. The fourth-order valence-electron chi connectivity index (χ4n) is 2.21. The van der Waals surface area contributed by atoms with Gasteiger partial charge in [0.15, 0.2) is 0 Å². The van der Waals surface area contributed by atoms with E-state index in [-0.39, 0.29) is 6.04 Å². The molecule has 0 amide bonds. The molecule has 1 aliphatic rings. The van der Waals surface area contributed by atoms with E-state index in [4.69, 9.17) is 9.47 Å². The quantitative estimate of drug-likeness (QED) is 0.933. The van der Waals surface area contributed by atoms with Gasteiger partial charge in [-0.05, 0) is 28.1 Å². The van der Waals surface area contributed by atoms with E-state index in [0.717, 1.165) is 33.9 Å². The summed E-state index contributed by atoms with van der Waals surface area (Å²) >= 11 is 3.28. The number of aromatic nitrogens is 2. The van der Waals surface area contributed by atoms with Gasteiger partial charge in [-0.25, -0.2) is 9.97 Å². The highest BCUT2D eigenvalue weighted by Crippen LogP contribution is 2.36. The fourth-order valence-corrected chi connectivity index (χ4v) is 2.42. The lowest BCUT2D eigenvalue weighted by Gasteiger charge is -2.27. The van der Waals surface area contributed by atoms with E-state index in [9.17, 15) is 0 Å². The van der Waals surface area contributed by atoms with Crippen LogP contribution in [0.15, 0.2) is 35.2 Å². The zero-order valence-corrected chi connectivity index (χ0v) is 12.6. The number of nitrogens with zero attached hydrogens (tertiary/aromatic N) is 2. The first-order chi connectivity index (χ1) is 9.76. The molecule has 3 rings (SSSR count). The van der Waals surface area contributed by atoms with Crippen molar-refractivity contribution < 1.29 is 9.47 Å². The molecule has 2 heterocycles.